The minimum atomic E-state index is -4.52. The average molecular weight is 383 g/mol. The van der Waals surface area contributed by atoms with Crippen molar-refractivity contribution in [1.29, 1.82) is 0 Å². The normalized spacial score (nSPS) is 14.1. The van der Waals surface area contributed by atoms with Gasteiger partial charge in [0.05, 0.1) is 14.2 Å². The smallest absolute Gasteiger partial charge is 0.435 e. The summed E-state index contributed by atoms with van der Waals surface area (Å²) in [7, 11) is 3.03. The molecule has 1 fully saturated rings. The van der Waals surface area contributed by atoms with Gasteiger partial charge in [-0.3, -0.25) is 9.48 Å². The van der Waals surface area contributed by atoms with Gasteiger partial charge in [0.15, 0.2) is 17.2 Å². The number of amides is 1. The van der Waals surface area contributed by atoms with E-state index >= 15 is 0 Å². The standard InChI is InChI=1S/C18H20F3N3O3/c1-26-14-6-3-11(7-15(14)27-2)9-22-17(25)10-24-13(12-4-5-12)8-16(23-24)18(19,20)21/h3,6-8,12H,4-5,9-10H2,1-2H3,(H,22,25). The molecule has 1 amide bonds. The lowest BCUT2D eigenvalue weighted by molar-refractivity contribution is -0.141. The van der Waals surface area contributed by atoms with Crippen molar-refractivity contribution in [1.82, 2.24) is 15.1 Å². The molecule has 0 saturated heterocycles. The summed E-state index contributed by atoms with van der Waals surface area (Å²) in [5.41, 5.74) is 0.278. The van der Waals surface area contributed by atoms with Crippen molar-refractivity contribution in [2.45, 2.75) is 38.0 Å². The Morgan fingerprint density at radius 3 is 2.52 bits per heavy atom. The van der Waals surface area contributed by atoms with Gasteiger partial charge in [0, 0.05) is 18.2 Å². The van der Waals surface area contributed by atoms with Gasteiger partial charge in [0.25, 0.3) is 0 Å². The molecule has 1 saturated carbocycles. The molecule has 9 heteroatoms. The Balaban J connectivity index is 1.65. The van der Waals surface area contributed by atoms with Crippen LogP contribution in [0.1, 0.15) is 35.7 Å². The zero-order valence-corrected chi connectivity index (χ0v) is 15.0. The minimum absolute atomic E-state index is 0.0484. The summed E-state index contributed by atoms with van der Waals surface area (Å²) in [5, 5.41) is 6.28. The van der Waals surface area contributed by atoms with E-state index in [2.05, 4.69) is 10.4 Å². The van der Waals surface area contributed by atoms with Crippen molar-refractivity contribution in [3.63, 3.8) is 0 Å². The number of halogens is 3. The third-order valence-corrected chi connectivity index (χ3v) is 4.33. The predicted molar refractivity (Wildman–Crippen MR) is 90.6 cm³/mol. The molecule has 0 radical (unpaired) electrons. The fourth-order valence-corrected chi connectivity index (χ4v) is 2.79. The summed E-state index contributed by atoms with van der Waals surface area (Å²) < 4.78 is 50.2. The first-order chi connectivity index (χ1) is 12.8. The van der Waals surface area contributed by atoms with E-state index in [0.717, 1.165) is 29.2 Å². The molecule has 1 aromatic heterocycles. The number of hydrogen-bond donors (Lipinski definition) is 1. The average Bonchev–Trinajstić information content (AvgIpc) is 3.39. The first-order valence-corrected chi connectivity index (χ1v) is 8.44. The number of ether oxygens (including phenoxy) is 2. The van der Waals surface area contributed by atoms with Gasteiger partial charge in [0.2, 0.25) is 5.91 Å². The molecular formula is C18H20F3N3O3. The highest BCUT2D eigenvalue weighted by Crippen LogP contribution is 2.42. The van der Waals surface area contributed by atoms with Crippen molar-refractivity contribution in [2.75, 3.05) is 14.2 Å². The number of hydrogen-bond acceptors (Lipinski definition) is 4. The molecule has 1 heterocycles. The Hall–Kier alpha value is -2.71. The van der Waals surface area contributed by atoms with Crippen LogP contribution in [-0.4, -0.2) is 29.9 Å². The number of benzene rings is 1. The number of aromatic nitrogens is 2. The maximum Gasteiger partial charge on any atom is 0.435 e. The highest BCUT2D eigenvalue weighted by atomic mass is 19.4. The Bertz CT molecular complexity index is 829. The summed E-state index contributed by atoms with van der Waals surface area (Å²) in [5.74, 6) is 0.732. The van der Waals surface area contributed by atoms with Gasteiger partial charge in [-0.15, -0.1) is 0 Å². The molecule has 1 aromatic carbocycles. The van der Waals surface area contributed by atoms with Gasteiger partial charge >= 0.3 is 6.18 Å². The number of carbonyl (C=O) groups is 1. The number of carbonyl (C=O) groups excluding carboxylic acids is 1. The van der Waals surface area contributed by atoms with Crippen LogP contribution in [0.5, 0.6) is 11.5 Å². The predicted octanol–water partition coefficient (Wildman–Crippen LogP) is 3.11. The summed E-state index contributed by atoms with van der Waals surface area (Å²) in [6.45, 7) is -0.0411. The van der Waals surface area contributed by atoms with Gasteiger partial charge in [-0.05, 0) is 36.6 Å². The fraction of sp³-hybridized carbons (Fsp3) is 0.444. The van der Waals surface area contributed by atoms with Crippen molar-refractivity contribution < 1.29 is 27.4 Å². The van der Waals surface area contributed by atoms with Crippen LogP contribution in [0.3, 0.4) is 0 Å². The summed E-state index contributed by atoms with van der Waals surface area (Å²) in [6, 6.07) is 6.26. The molecule has 1 aliphatic carbocycles. The van der Waals surface area contributed by atoms with Crippen LogP contribution in [0.4, 0.5) is 13.2 Å². The van der Waals surface area contributed by atoms with Crippen LogP contribution in [0, 0.1) is 0 Å². The van der Waals surface area contributed by atoms with Crippen LogP contribution >= 0.6 is 0 Å². The fourth-order valence-electron chi connectivity index (χ4n) is 2.79. The zero-order valence-electron chi connectivity index (χ0n) is 15.0. The number of rotatable bonds is 7. The van der Waals surface area contributed by atoms with E-state index in [4.69, 9.17) is 9.47 Å². The quantitative estimate of drug-likeness (QED) is 0.798. The molecule has 2 aromatic rings. The molecule has 0 spiro atoms. The second-order valence-electron chi connectivity index (χ2n) is 6.35. The van der Waals surface area contributed by atoms with Crippen LogP contribution in [0.15, 0.2) is 24.3 Å². The van der Waals surface area contributed by atoms with Crippen LogP contribution in [0.25, 0.3) is 0 Å². The van der Waals surface area contributed by atoms with Crippen molar-refractivity contribution in [2.24, 2.45) is 0 Å². The van der Waals surface area contributed by atoms with Gasteiger partial charge in [-0.1, -0.05) is 6.07 Å². The molecule has 1 aliphatic rings. The van der Waals surface area contributed by atoms with E-state index in [1.165, 1.54) is 14.2 Å². The molecule has 0 unspecified atom stereocenters. The lowest BCUT2D eigenvalue weighted by Gasteiger charge is -2.11. The molecule has 0 atom stereocenters. The van der Waals surface area contributed by atoms with E-state index in [-0.39, 0.29) is 19.0 Å². The lowest BCUT2D eigenvalue weighted by Crippen LogP contribution is -2.28. The van der Waals surface area contributed by atoms with Gasteiger partial charge < -0.3 is 14.8 Å². The first kappa shape index (κ1) is 19.1. The van der Waals surface area contributed by atoms with Crippen LogP contribution < -0.4 is 14.8 Å². The largest absolute Gasteiger partial charge is 0.493 e. The number of methoxy groups -OCH3 is 2. The van der Waals surface area contributed by atoms with Gasteiger partial charge in [-0.25, -0.2) is 0 Å². The maximum absolute atomic E-state index is 12.9. The molecule has 27 heavy (non-hydrogen) atoms. The maximum atomic E-state index is 12.9. The Kier molecular flexibility index (Phi) is 5.29. The summed E-state index contributed by atoms with van der Waals surface area (Å²) >= 11 is 0. The van der Waals surface area contributed by atoms with E-state index in [0.29, 0.717) is 17.2 Å². The monoisotopic (exact) mass is 383 g/mol. The Morgan fingerprint density at radius 1 is 1.22 bits per heavy atom. The van der Waals surface area contributed by atoms with Gasteiger partial charge in [-0.2, -0.15) is 18.3 Å². The first-order valence-electron chi connectivity index (χ1n) is 8.44. The second-order valence-corrected chi connectivity index (χ2v) is 6.35. The van der Waals surface area contributed by atoms with Crippen molar-refractivity contribution in [3.8, 4) is 11.5 Å². The number of nitrogens with one attached hydrogen (secondary N) is 1. The van der Waals surface area contributed by atoms with E-state index in [9.17, 15) is 18.0 Å². The Labute approximate surface area is 154 Å². The van der Waals surface area contributed by atoms with Gasteiger partial charge in [0.1, 0.15) is 6.54 Å². The third kappa shape index (κ3) is 4.53. The molecule has 6 nitrogen and oxygen atoms in total. The lowest BCUT2D eigenvalue weighted by atomic mass is 10.2. The number of alkyl halides is 3. The topological polar surface area (TPSA) is 65.4 Å². The molecule has 146 valence electrons. The molecule has 0 bridgehead atoms. The van der Waals surface area contributed by atoms with E-state index in [1.807, 2.05) is 0 Å². The summed E-state index contributed by atoms with van der Waals surface area (Å²) in [6.07, 6.45) is -2.89. The molecule has 0 aliphatic heterocycles. The van der Waals surface area contributed by atoms with E-state index < -0.39 is 17.8 Å². The zero-order chi connectivity index (χ0) is 19.6. The Morgan fingerprint density at radius 2 is 1.93 bits per heavy atom. The minimum Gasteiger partial charge on any atom is -0.493 e. The molecule has 3 rings (SSSR count). The molecule has 1 N–H and O–H groups in total. The second kappa shape index (κ2) is 7.50. The SMILES string of the molecule is COc1ccc(CNC(=O)Cn2nc(C(F)(F)F)cc2C2CC2)cc1OC. The van der Waals surface area contributed by atoms with Crippen LogP contribution in [0.2, 0.25) is 0 Å². The highest BCUT2D eigenvalue weighted by molar-refractivity contribution is 5.75. The number of nitrogens with zero attached hydrogens (tertiary/aromatic N) is 2. The van der Waals surface area contributed by atoms with Crippen molar-refractivity contribution >= 4 is 5.91 Å². The van der Waals surface area contributed by atoms with E-state index in [1.54, 1.807) is 18.2 Å². The third-order valence-electron chi connectivity index (χ3n) is 4.33. The van der Waals surface area contributed by atoms with Crippen LogP contribution in [-0.2, 0) is 24.1 Å². The molecular weight excluding hydrogens is 363 g/mol. The summed E-state index contributed by atoms with van der Waals surface area (Å²) in [4.78, 5) is 12.2. The van der Waals surface area contributed by atoms with Crippen molar-refractivity contribution in [3.05, 3.63) is 41.2 Å². The highest BCUT2D eigenvalue weighted by Gasteiger charge is 2.38.